The molecule has 2 rings (SSSR count). The summed E-state index contributed by atoms with van der Waals surface area (Å²) in [6, 6.07) is 6.53. The fourth-order valence-corrected chi connectivity index (χ4v) is 2.40. The van der Waals surface area contributed by atoms with E-state index in [1.807, 2.05) is 4.90 Å². The van der Waals surface area contributed by atoms with Crippen molar-refractivity contribution in [1.29, 1.82) is 0 Å². The molecule has 0 unspecified atom stereocenters. The summed E-state index contributed by atoms with van der Waals surface area (Å²) in [5.74, 6) is 0.0694. The Morgan fingerprint density at radius 1 is 1.11 bits per heavy atom. The zero-order valence-corrected chi connectivity index (χ0v) is 10.7. The Morgan fingerprint density at radius 3 is 2.44 bits per heavy atom. The van der Waals surface area contributed by atoms with Crippen molar-refractivity contribution in [2.75, 3.05) is 13.1 Å². The molecule has 0 aliphatic carbocycles. The summed E-state index contributed by atoms with van der Waals surface area (Å²) in [4.78, 5) is 13.9. The second-order valence-electron chi connectivity index (χ2n) is 4.92. The third kappa shape index (κ3) is 3.83. The molecule has 1 fully saturated rings. The van der Waals surface area contributed by atoms with E-state index in [4.69, 9.17) is 0 Å². The number of hydrogen-bond acceptors (Lipinski definition) is 1. The molecule has 0 N–H and O–H groups in total. The third-order valence-electron chi connectivity index (χ3n) is 3.48. The number of halogens is 1. The standard InChI is InChI=1S/C15H20FNO/c16-14-9-7-13(8-10-14)5-4-6-15(18)17-11-2-1-3-12-17/h7-10H,1-6,11-12H2. The molecule has 1 aliphatic rings. The highest BCUT2D eigenvalue weighted by atomic mass is 19.1. The largest absolute Gasteiger partial charge is 0.343 e. The van der Waals surface area contributed by atoms with Gasteiger partial charge in [-0.3, -0.25) is 4.79 Å². The molecule has 0 atom stereocenters. The van der Waals surface area contributed by atoms with Crippen LogP contribution in [0.15, 0.2) is 24.3 Å². The molecule has 0 spiro atoms. The number of hydrogen-bond donors (Lipinski definition) is 0. The van der Waals surface area contributed by atoms with Gasteiger partial charge in [-0.15, -0.1) is 0 Å². The molecule has 0 aromatic heterocycles. The Labute approximate surface area is 108 Å². The Kier molecular flexibility index (Phi) is 4.73. The van der Waals surface area contributed by atoms with Crippen LogP contribution in [0.3, 0.4) is 0 Å². The van der Waals surface area contributed by atoms with E-state index in [1.165, 1.54) is 18.6 Å². The highest BCUT2D eigenvalue weighted by molar-refractivity contribution is 5.76. The van der Waals surface area contributed by atoms with Crippen LogP contribution in [-0.4, -0.2) is 23.9 Å². The molecule has 0 bridgehead atoms. The van der Waals surface area contributed by atoms with E-state index in [0.717, 1.165) is 44.3 Å². The molecule has 0 saturated carbocycles. The molecule has 18 heavy (non-hydrogen) atoms. The fraction of sp³-hybridized carbons (Fsp3) is 0.533. The number of benzene rings is 1. The first-order chi connectivity index (χ1) is 8.75. The zero-order valence-electron chi connectivity index (χ0n) is 10.7. The summed E-state index contributed by atoms with van der Waals surface area (Å²) in [5, 5.41) is 0. The van der Waals surface area contributed by atoms with Gasteiger partial charge < -0.3 is 4.90 Å². The molecule has 1 aromatic carbocycles. The average Bonchev–Trinajstić information content (AvgIpc) is 2.42. The van der Waals surface area contributed by atoms with Crippen LogP contribution in [0, 0.1) is 5.82 Å². The summed E-state index contributed by atoms with van der Waals surface area (Å²) in [7, 11) is 0. The number of rotatable bonds is 4. The van der Waals surface area contributed by atoms with Gasteiger partial charge in [-0.05, 0) is 49.8 Å². The normalized spacial score (nSPS) is 15.7. The maximum absolute atomic E-state index is 12.7. The Morgan fingerprint density at radius 2 is 1.78 bits per heavy atom. The van der Waals surface area contributed by atoms with Gasteiger partial charge in [0.05, 0.1) is 0 Å². The van der Waals surface area contributed by atoms with Gasteiger partial charge in [0.25, 0.3) is 0 Å². The minimum atomic E-state index is -0.205. The van der Waals surface area contributed by atoms with Gasteiger partial charge in [0.15, 0.2) is 0 Å². The predicted molar refractivity (Wildman–Crippen MR) is 69.8 cm³/mol. The van der Waals surface area contributed by atoms with Crippen molar-refractivity contribution in [1.82, 2.24) is 4.90 Å². The minimum absolute atomic E-state index is 0.205. The number of carbonyl (C=O) groups is 1. The van der Waals surface area contributed by atoms with Crippen molar-refractivity contribution in [2.24, 2.45) is 0 Å². The van der Waals surface area contributed by atoms with E-state index >= 15 is 0 Å². The monoisotopic (exact) mass is 249 g/mol. The van der Waals surface area contributed by atoms with Gasteiger partial charge in [0, 0.05) is 19.5 Å². The zero-order chi connectivity index (χ0) is 12.8. The van der Waals surface area contributed by atoms with Crippen LogP contribution in [0.25, 0.3) is 0 Å². The van der Waals surface area contributed by atoms with Gasteiger partial charge >= 0.3 is 0 Å². The lowest BCUT2D eigenvalue weighted by Crippen LogP contribution is -2.35. The lowest BCUT2D eigenvalue weighted by Gasteiger charge is -2.26. The summed E-state index contributed by atoms with van der Waals surface area (Å²) < 4.78 is 12.7. The Balaban J connectivity index is 1.71. The van der Waals surface area contributed by atoms with Gasteiger partial charge in [-0.2, -0.15) is 0 Å². The van der Waals surface area contributed by atoms with Crippen LogP contribution >= 0.6 is 0 Å². The van der Waals surface area contributed by atoms with E-state index in [0.29, 0.717) is 6.42 Å². The van der Waals surface area contributed by atoms with Gasteiger partial charge in [0.1, 0.15) is 5.82 Å². The quantitative estimate of drug-likeness (QED) is 0.802. The highest BCUT2D eigenvalue weighted by Crippen LogP contribution is 2.12. The van der Waals surface area contributed by atoms with E-state index in [2.05, 4.69) is 0 Å². The molecule has 3 heteroatoms. The number of piperidine rings is 1. The van der Waals surface area contributed by atoms with E-state index in [-0.39, 0.29) is 11.7 Å². The van der Waals surface area contributed by atoms with E-state index < -0.39 is 0 Å². The average molecular weight is 249 g/mol. The van der Waals surface area contributed by atoms with Crippen LogP contribution in [0.4, 0.5) is 4.39 Å². The van der Waals surface area contributed by atoms with Crippen molar-refractivity contribution < 1.29 is 9.18 Å². The summed E-state index contributed by atoms with van der Waals surface area (Å²) in [6.07, 6.45) is 5.84. The first kappa shape index (κ1) is 13.1. The molecular weight excluding hydrogens is 229 g/mol. The van der Waals surface area contributed by atoms with Crippen LogP contribution in [0.2, 0.25) is 0 Å². The first-order valence-electron chi connectivity index (χ1n) is 6.78. The first-order valence-corrected chi connectivity index (χ1v) is 6.78. The molecular formula is C15H20FNO. The second-order valence-corrected chi connectivity index (χ2v) is 4.92. The molecule has 1 aliphatic heterocycles. The second kappa shape index (κ2) is 6.53. The van der Waals surface area contributed by atoms with E-state index in [1.54, 1.807) is 12.1 Å². The maximum atomic E-state index is 12.7. The van der Waals surface area contributed by atoms with Crippen LogP contribution in [0.5, 0.6) is 0 Å². The molecule has 98 valence electrons. The summed E-state index contributed by atoms with van der Waals surface area (Å²) >= 11 is 0. The number of amides is 1. The lowest BCUT2D eigenvalue weighted by molar-refractivity contribution is -0.132. The number of aryl methyl sites for hydroxylation is 1. The summed E-state index contributed by atoms with van der Waals surface area (Å²) in [6.45, 7) is 1.85. The van der Waals surface area contributed by atoms with Crippen molar-refractivity contribution in [3.63, 3.8) is 0 Å². The fourth-order valence-electron chi connectivity index (χ4n) is 2.40. The molecule has 2 nitrogen and oxygen atoms in total. The summed E-state index contributed by atoms with van der Waals surface area (Å²) in [5.41, 5.74) is 1.10. The van der Waals surface area contributed by atoms with Gasteiger partial charge in [0.2, 0.25) is 5.91 Å². The number of carbonyl (C=O) groups excluding carboxylic acids is 1. The molecule has 1 saturated heterocycles. The van der Waals surface area contributed by atoms with Crippen LogP contribution in [-0.2, 0) is 11.2 Å². The molecule has 0 radical (unpaired) electrons. The van der Waals surface area contributed by atoms with Crippen LogP contribution in [0.1, 0.15) is 37.7 Å². The van der Waals surface area contributed by atoms with Crippen molar-refractivity contribution in [3.8, 4) is 0 Å². The third-order valence-corrected chi connectivity index (χ3v) is 3.48. The molecule has 1 amide bonds. The lowest BCUT2D eigenvalue weighted by atomic mass is 10.1. The topological polar surface area (TPSA) is 20.3 Å². The number of likely N-dealkylation sites (tertiary alicyclic amines) is 1. The van der Waals surface area contributed by atoms with E-state index in [9.17, 15) is 9.18 Å². The minimum Gasteiger partial charge on any atom is -0.343 e. The maximum Gasteiger partial charge on any atom is 0.222 e. The SMILES string of the molecule is O=C(CCCc1ccc(F)cc1)N1CCCCC1. The molecule has 1 aromatic rings. The highest BCUT2D eigenvalue weighted by Gasteiger charge is 2.15. The van der Waals surface area contributed by atoms with Gasteiger partial charge in [-0.25, -0.2) is 4.39 Å². The van der Waals surface area contributed by atoms with Crippen LogP contribution < -0.4 is 0 Å². The van der Waals surface area contributed by atoms with Crippen molar-refractivity contribution >= 4 is 5.91 Å². The Bertz CT molecular complexity index is 382. The number of nitrogens with zero attached hydrogens (tertiary/aromatic N) is 1. The molecule has 1 heterocycles. The van der Waals surface area contributed by atoms with Gasteiger partial charge in [-0.1, -0.05) is 12.1 Å². The Hall–Kier alpha value is -1.38. The smallest absolute Gasteiger partial charge is 0.222 e. The van der Waals surface area contributed by atoms with Crippen molar-refractivity contribution in [3.05, 3.63) is 35.6 Å². The predicted octanol–water partition coefficient (Wildman–Crippen LogP) is 3.16. The van der Waals surface area contributed by atoms with Crippen molar-refractivity contribution in [2.45, 2.75) is 38.5 Å².